The van der Waals surface area contributed by atoms with Gasteiger partial charge in [0.25, 0.3) is 0 Å². The second kappa shape index (κ2) is 9.44. The molecule has 1 saturated heterocycles. The van der Waals surface area contributed by atoms with E-state index in [-0.39, 0.29) is 0 Å². The molecule has 7 heteroatoms. The molecule has 0 unspecified atom stereocenters. The Morgan fingerprint density at radius 2 is 1.67 bits per heavy atom. The third kappa shape index (κ3) is 5.98. The van der Waals surface area contributed by atoms with Gasteiger partial charge in [-0.2, -0.15) is 0 Å². The number of nitrogens with zero attached hydrogens (tertiary/aromatic N) is 2. The van der Waals surface area contributed by atoms with Gasteiger partial charge in [0.2, 0.25) is 0 Å². The summed E-state index contributed by atoms with van der Waals surface area (Å²) in [7, 11) is 0. The highest BCUT2D eigenvalue weighted by atomic mass is 16.4. The van der Waals surface area contributed by atoms with Crippen LogP contribution in [-0.4, -0.2) is 64.2 Å². The smallest absolute Gasteiger partial charge is 0.414 e. The van der Waals surface area contributed by atoms with Crippen molar-refractivity contribution in [3.8, 4) is 0 Å². The summed E-state index contributed by atoms with van der Waals surface area (Å²) in [5.74, 6) is -2.55. The number of carbonyl (C=O) groups is 2. The van der Waals surface area contributed by atoms with Crippen LogP contribution in [0.3, 0.4) is 0 Å². The van der Waals surface area contributed by atoms with Crippen molar-refractivity contribution >= 4 is 11.9 Å². The molecule has 1 aromatic rings. The van der Waals surface area contributed by atoms with Crippen LogP contribution >= 0.6 is 0 Å². The second-order valence-corrected chi connectivity index (χ2v) is 6.29. The first-order valence-corrected chi connectivity index (χ1v) is 8.51. The van der Waals surface area contributed by atoms with Crippen molar-refractivity contribution in [3.63, 3.8) is 0 Å². The summed E-state index contributed by atoms with van der Waals surface area (Å²) in [6.07, 6.45) is 8.97. The van der Waals surface area contributed by atoms with Crippen molar-refractivity contribution in [1.82, 2.24) is 9.80 Å². The van der Waals surface area contributed by atoms with Gasteiger partial charge in [0, 0.05) is 32.2 Å². The zero-order valence-electron chi connectivity index (χ0n) is 13.9. The average molecular weight is 338 g/mol. The summed E-state index contributed by atoms with van der Waals surface area (Å²) in [5, 5.41) is 14.8. The van der Waals surface area contributed by atoms with Gasteiger partial charge < -0.3 is 14.6 Å². The first-order valence-electron chi connectivity index (χ1n) is 8.51. The van der Waals surface area contributed by atoms with E-state index in [1.807, 2.05) is 6.07 Å². The number of carboxylic acid groups (broad SMARTS) is 2. The Morgan fingerprint density at radius 1 is 1.04 bits per heavy atom. The van der Waals surface area contributed by atoms with Crippen molar-refractivity contribution in [2.75, 3.05) is 26.2 Å². The van der Waals surface area contributed by atoms with Gasteiger partial charge in [0.1, 0.15) is 5.76 Å². The first-order chi connectivity index (χ1) is 11.6. The number of piperazine rings is 1. The molecular formula is C17H26N2O5. The van der Waals surface area contributed by atoms with Gasteiger partial charge in [-0.15, -0.1) is 0 Å². The monoisotopic (exact) mass is 338 g/mol. The third-order valence-corrected chi connectivity index (χ3v) is 4.64. The van der Waals surface area contributed by atoms with E-state index in [1.165, 1.54) is 58.3 Å². The molecule has 7 nitrogen and oxygen atoms in total. The highest BCUT2D eigenvalue weighted by Crippen LogP contribution is 2.23. The molecule has 134 valence electrons. The Kier molecular flexibility index (Phi) is 7.27. The third-order valence-electron chi connectivity index (χ3n) is 4.64. The van der Waals surface area contributed by atoms with Crippen LogP contribution in [0.5, 0.6) is 0 Å². The molecule has 0 atom stereocenters. The molecule has 0 spiro atoms. The minimum absolute atomic E-state index is 0.879. The minimum atomic E-state index is -1.82. The van der Waals surface area contributed by atoms with Gasteiger partial charge in [0.15, 0.2) is 0 Å². The molecule has 2 heterocycles. The van der Waals surface area contributed by atoms with Gasteiger partial charge >= 0.3 is 11.9 Å². The molecule has 0 amide bonds. The van der Waals surface area contributed by atoms with Crippen LogP contribution in [0.15, 0.2) is 22.8 Å². The molecule has 1 saturated carbocycles. The predicted molar refractivity (Wildman–Crippen MR) is 87.7 cm³/mol. The van der Waals surface area contributed by atoms with E-state index in [4.69, 9.17) is 24.2 Å². The fourth-order valence-electron chi connectivity index (χ4n) is 3.36. The average Bonchev–Trinajstić information content (AvgIpc) is 3.10. The SMILES string of the molecule is O=C(O)C(=O)O.c1coc(CN2CCN(C3CCCCC3)CC2)c1. The van der Waals surface area contributed by atoms with Crippen molar-refractivity contribution in [2.45, 2.75) is 44.7 Å². The molecule has 1 aliphatic heterocycles. The Hall–Kier alpha value is -1.86. The van der Waals surface area contributed by atoms with Crippen LogP contribution < -0.4 is 0 Å². The van der Waals surface area contributed by atoms with E-state index in [9.17, 15) is 0 Å². The van der Waals surface area contributed by atoms with Crippen LogP contribution in [0.2, 0.25) is 0 Å². The van der Waals surface area contributed by atoms with Gasteiger partial charge in [-0.25, -0.2) is 9.59 Å². The summed E-state index contributed by atoms with van der Waals surface area (Å²) >= 11 is 0. The molecule has 0 bridgehead atoms. The number of rotatable bonds is 3. The number of carboxylic acids is 2. The van der Waals surface area contributed by atoms with Gasteiger partial charge in [-0.05, 0) is 25.0 Å². The highest BCUT2D eigenvalue weighted by Gasteiger charge is 2.25. The van der Waals surface area contributed by atoms with Crippen LogP contribution in [0.1, 0.15) is 37.9 Å². The van der Waals surface area contributed by atoms with E-state index in [1.54, 1.807) is 6.26 Å². The number of furan rings is 1. The van der Waals surface area contributed by atoms with E-state index in [0.717, 1.165) is 18.3 Å². The lowest BCUT2D eigenvalue weighted by molar-refractivity contribution is -0.159. The molecule has 0 aromatic carbocycles. The Balaban J connectivity index is 0.000000301. The lowest BCUT2D eigenvalue weighted by Gasteiger charge is -2.40. The van der Waals surface area contributed by atoms with E-state index in [0.29, 0.717) is 0 Å². The molecule has 24 heavy (non-hydrogen) atoms. The number of hydrogen-bond acceptors (Lipinski definition) is 5. The summed E-state index contributed by atoms with van der Waals surface area (Å²) in [5.41, 5.74) is 0. The van der Waals surface area contributed by atoms with E-state index >= 15 is 0 Å². The molecule has 1 aliphatic carbocycles. The van der Waals surface area contributed by atoms with Crippen molar-refractivity contribution in [2.24, 2.45) is 0 Å². The Bertz CT molecular complexity index is 491. The molecular weight excluding hydrogens is 312 g/mol. The summed E-state index contributed by atoms with van der Waals surface area (Å²) in [6.45, 7) is 5.84. The minimum Gasteiger partial charge on any atom is -0.473 e. The molecule has 3 rings (SSSR count). The molecule has 2 fully saturated rings. The van der Waals surface area contributed by atoms with Crippen molar-refractivity contribution in [1.29, 1.82) is 0 Å². The fraction of sp³-hybridized carbons (Fsp3) is 0.647. The van der Waals surface area contributed by atoms with Crippen LogP contribution in [0.4, 0.5) is 0 Å². The largest absolute Gasteiger partial charge is 0.473 e. The van der Waals surface area contributed by atoms with E-state index < -0.39 is 11.9 Å². The molecule has 0 radical (unpaired) electrons. The van der Waals surface area contributed by atoms with Crippen molar-refractivity contribution < 1.29 is 24.2 Å². The molecule has 2 N–H and O–H groups in total. The van der Waals surface area contributed by atoms with Crippen molar-refractivity contribution in [3.05, 3.63) is 24.2 Å². The number of aliphatic carboxylic acids is 2. The summed E-state index contributed by atoms with van der Waals surface area (Å²) < 4.78 is 5.42. The standard InChI is InChI=1S/C15H24N2O.C2H2O4/c1-2-5-14(6-3-1)17-10-8-16(9-11-17)13-15-7-4-12-18-15;3-1(4)2(5)6/h4,7,12,14H,1-3,5-6,8-11,13H2;(H,3,4)(H,5,6). The zero-order valence-corrected chi connectivity index (χ0v) is 13.9. The van der Waals surface area contributed by atoms with Crippen LogP contribution in [0, 0.1) is 0 Å². The zero-order chi connectivity index (χ0) is 17.4. The lowest BCUT2D eigenvalue weighted by atomic mass is 9.94. The lowest BCUT2D eigenvalue weighted by Crippen LogP contribution is -2.50. The van der Waals surface area contributed by atoms with Gasteiger partial charge in [0.05, 0.1) is 12.8 Å². The maximum Gasteiger partial charge on any atom is 0.414 e. The normalized spacial score (nSPS) is 20.2. The van der Waals surface area contributed by atoms with E-state index in [2.05, 4.69) is 15.9 Å². The maximum atomic E-state index is 9.10. The summed E-state index contributed by atoms with van der Waals surface area (Å²) in [6, 6.07) is 4.94. The Labute approximate surface area is 141 Å². The molecule has 2 aliphatic rings. The van der Waals surface area contributed by atoms with Crippen LogP contribution in [0.25, 0.3) is 0 Å². The van der Waals surface area contributed by atoms with Gasteiger partial charge in [-0.1, -0.05) is 19.3 Å². The van der Waals surface area contributed by atoms with Crippen LogP contribution in [-0.2, 0) is 16.1 Å². The highest BCUT2D eigenvalue weighted by molar-refractivity contribution is 6.27. The topological polar surface area (TPSA) is 94.2 Å². The fourth-order valence-corrected chi connectivity index (χ4v) is 3.36. The maximum absolute atomic E-state index is 9.10. The number of hydrogen-bond donors (Lipinski definition) is 2. The predicted octanol–water partition coefficient (Wildman–Crippen LogP) is 1.89. The van der Waals surface area contributed by atoms with Gasteiger partial charge in [-0.3, -0.25) is 9.80 Å². The second-order valence-electron chi connectivity index (χ2n) is 6.29. The molecule has 1 aromatic heterocycles. The quantitative estimate of drug-likeness (QED) is 0.813. The first kappa shape index (κ1) is 18.5. The Morgan fingerprint density at radius 3 is 2.17 bits per heavy atom. The summed E-state index contributed by atoms with van der Waals surface area (Å²) in [4.78, 5) is 23.4.